The van der Waals surface area contributed by atoms with Gasteiger partial charge in [-0.3, -0.25) is 4.72 Å². The van der Waals surface area contributed by atoms with Crippen molar-refractivity contribution in [1.82, 2.24) is 0 Å². The molecule has 3 rings (SSSR count). The topological polar surface area (TPSA) is 113 Å². The molecule has 2 atom stereocenters. The van der Waals surface area contributed by atoms with E-state index in [0.717, 1.165) is 12.0 Å². The van der Waals surface area contributed by atoms with E-state index in [0.29, 0.717) is 11.4 Å². The van der Waals surface area contributed by atoms with Gasteiger partial charge in [-0.1, -0.05) is 19.1 Å². The number of sulfone groups is 1. The Balaban J connectivity index is 1.68. The maximum absolute atomic E-state index is 12.5. The molecule has 27 heavy (non-hydrogen) atoms. The van der Waals surface area contributed by atoms with E-state index in [1.807, 2.05) is 6.92 Å². The van der Waals surface area contributed by atoms with E-state index < -0.39 is 32.0 Å². The van der Waals surface area contributed by atoms with Gasteiger partial charge < -0.3 is 10.4 Å². The zero-order valence-electron chi connectivity index (χ0n) is 14.8. The Kier molecular flexibility index (Phi) is 5.45. The molecule has 146 valence electrons. The standard InChI is InChI=1S/C18H22N2O5S2/c1-2-13-3-9-16(10-4-13)27(24,25)20-15-7-5-14(6-8-15)19-17-11-26(22,23)12-18(17)21/h3-10,17-21H,2,11-12H2,1H3/t17-,18+/m0/s1. The van der Waals surface area contributed by atoms with Crippen LogP contribution in [0.25, 0.3) is 0 Å². The normalized spacial score (nSPS) is 21.7. The highest BCUT2D eigenvalue weighted by molar-refractivity contribution is 7.92. The van der Waals surface area contributed by atoms with E-state index in [4.69, 9.17) is 0 Å². The third-order valence-electron chi connectivity index (χ3n) is 4.45. The Hall–Kier alpha value is -2.10. The van der Waals surface area contributed by atoms with Gasteiger partial charge >= 0.3 is 0 Å². The number of aliphatic hydroxyl groups is 1. The molecule has 0 radical (unpaired) electrons. The average Bonchev–Trinajstić information content (AvgIpc) is 2.88. The minimum absolute atomic E-state index is 0.129. The monoisotopic (exact) mass is 410 g/mol. The number of aryl methyl sites for hydroxylation is 1. The van der Waals surface area contributed by atoms with Crippen LogP contribution in [0.2, 0.25) is 0 Å². The van der Waals surface area contributed by atoms with Crippen LogP contribution in [0.1, 0.15) is 12.5 Å². The summed E-state index contributed by atoms with van der Waals surface area (Å²) in [5, 5.41) is 12.8. The Morgan fingerprint density at radius 2 is 1.59 bits per heavy atom. The molecule has 0 aromatic heterocycles. The number of hydrogen-bond acceptors (Lipinski definition) is 6. The fraction of sp³-hybridized carbons (Fsp3) is 0.333. The van der Waals surface area contributed by atoms with Crippen LogP contribution < -0.4 is 10.0 Å². The third kappa shape index (κ3) is 4.79. The zero-order valence-corrected chi connectivity index (χ0v) is 16.4. The second-order valence-electron chi connectivity index (χ2n) is 6.58. The van der Waals surface area contributed by atoms with Gasteiger partial charge in [0.25, 0.3) is 10.0 Å². The van der Waals surface area contributed by atoms with Crippen LogP contribution in [0.5, 0.6) is 0 Å². The van der Waals surface area contributed by atoms with E-state index in [-0.39, 0.29) is 16.4 Å². The summed E-state index contributed by atoms with van der Waals surface area (Å²) in [4.78, 5) is 0.182. The summed E-state index contributed by atoms with van der Waals surface area (Å²) in [6.45, 7) is 2.00. The molecular weight excluding hydrogens is 388 g/mol. The molecule has 2 aromatic rings. The first-order valence-corrected chi connectivity index (χ1v) is 11.9. The molecule has 1 saturated heterocycles. The van der Waals surface area contributed by atoms with E-state index in [1.54, 1.807) is 48.5 Å². The van der Waals surface area contributed by atoms with Gasteiger partial charge in [0.2, 0.25) is 0 Å². The Morgan fingerprint density at radius 1 is 1.00 bits per heavy atom. The molecule has 9 heteroatoms. The first-order chi connectivity index (χ1) is 12.7. The molecule has 0 aliphatic carbocycles. The lowest BCUT2D eigenvalue weighted by Gasteiger charge is -2.16. The van der Waals surface area contributed by atoms with E-state index in [9.17, 15) is 21.9 Å². The minimum Gasteiger partial charge on any atom is -0.390 e. The fourth-order valence-corrected chi connectivity index (χ4v) is 5.73. The van der Waals surface area contributed by atoms with Crippen molar-refractivity contribution < 1.29 is 21.9 Å². The summed E-state index contributed by atoms with van der Waals surface area (Å²) < 4.78 is 50.5. The molecule has 2 aromatic carbocycles. The number of nitrogens with one attached hydrogen (secondary N) is 2. The molecular formula is C18H22N2O5S2. The number of aliphatic hydroxyl groups excluding tert-OH is 1. The van der Waals surface area contributed by atoms with Crippen LogP contribution in [0.4, 0.5) is 11.4 Å². The molecule has 1 aliphatic heterocycles. The maximum atomic E-state index is 12.5. The lowest BCUT2D eigenvalue weighted by atomic mass is 10.2. The second-order valence-corrected chi connectivity index (χ2v) is 10.4. The minimum atomic E-state index is -3.69. The molecule has 1 aliphatic rings. The van der Waals surface area contributed by atoms with E-state index in [1.165, 1.54) is 0 Å². The Morgan fingerprint density at radius 3 is 2.11 bits per heavy atom. The van der Waals surface area contributed by atoms with Crippen LogP contribution >= 0.6 is 0 Å². The summed E-state index contributed by atoms with van der Waals surface area (Å²) in [5.41, 5.74) is 2.05. The Bertz CT molecular complexity index is 1000. The lowest BCUT2D eigenvalue weighted by molar-refractivity contribution is 0.190. The lowest BCUT2D eigenvalue weighted by Crippen LogP contribution is -2.31. The molecule has 7 nitrogen and oxygen atoms in total. The highest BCUT2D eigenvalue weighted by Crippen LogP contribution is 2.22. The van der Waals surface area contributed by atoms with Crippen LogP contribution in [-0.4, -0.2) is 45.6 Å². The number of hydrogen-bond donors (Lipinski definition) is 3. The first-order valence-electron chi connectivity index (χ1n) is 8.55. The summed E-state index contributed by atoms with van der Waals surface area (Å²) in [7, 11) is -6.92. The van der Waals surface area contributed by atoms with Crippen LogP contribution in [0.15, 0.2) is 53.4 Å². The number of rotatable bonds is 6. The van der Waals surface area contributed by atoms with Crippen molar-refractivity contribution in [2.45, 2.75) is 30.4 Å². The molecule has 0 saturated carbocycles. The van der Waals surface area contributed by atoms with Gasteiger partial charge in [-0.2, -0.15) is 0 Å². The average molecular weight is 411 g/mol. The van der Waals surface area contributed by atoms with Gasteiger partial charge in [-0.05, 0) is 48.4 Å². The molecule has 0 unspecified atom stereocenters. The van der Waals surface area contributed by atoms with Crippen molar-refractivity contribution >= 4 is 31.2 Å². The maximum Gasteiger partial charge on any atom is 0.261 e. The van der Waals surface area contributed by atoms with Gasteiger partial charge in [-0.15, -0.1) is 0 Å². The predicted molar refractivity (Wildman–Crippen MR) is 105 cm³/mol. The quantitative estimate of drug-likeness (QED) is 0.667. The SMILES string of the molecule is CCc1ccc(S(=O)(=O)Nc2ccc(N[C@H]3CS(=O)(=O)C[C@H]3O)cc2)cc1. The van der Waals surface area contributed by atoms with Gasteiger partial charge in [0.05, 0.1) is 28.5 Å². The van der Waals surface area contributed by atoms with Crippen molar-refractivity contribution in [3.8, 4) is 0 Å². The second kappa shape index (κ2) is 7.49. The summed E-state index contributed by atoms with van der Waals surface area (Å²) in [6.07, 6.45) is -0.126. The van der Waals surface area contributed by atoms with Crippen molar-refractivity contribution in [2.75, 3.05) is 21.5 Å². The highest BCUT2D eigenvalue weighted by atomic mass is 32.2. The molecule has 3 N–H and O–H groups in total. The molecule has 0 bridgehead atoms. The van der Waals surface area contributed by atoms with Gasteiger partial charge in [0.1, 0.15) is 0 Å². The zero-order chi connectivity index (χ0) is 19.7. The Labute approximate surface area is 159 Å². The number of sulfonamides is 1. The van der Waals surface area contributed by atoms with E-state index >= 15 is 0 Å². The summed E-state index contributed by atoms with van der Waals surface area (Å²) >= 11 is 0. The van der Waals surface area contributed by atoms with Crippen LogP contribution in [0, 0.1) is 0 Å². The van der Waals surface area contributed by atoms with Crippen molar-refractivity contribution in [1.29, 1.82) is 0 Å². The smallest absolute Gasteiger partial charge is 0.261 e. The molecule has 0 spiro atoms. The fourth-order valence-electron chi connectivity index (χ4n) is 2.93. The van der Waals surface area contributed by atoms with Gasteiger partial charge in [-0.25, -0.2) is 16.8 Å². The van der Waals surface area contributed by atoms with Crippen molar-refractivity contribution in [3.63, 3.8) is 0 Å². The van der Waals surface area contributed by atoms with Crippen LogP contribution in [-0.2, 0) is 26.3 Å². The first kappa shape index (κ1) is 19.7. The summed E-state index contributed by atoms with van der Waals surface area (Å²) in [5.74, 6) is -0.379. The molecule has 1 heterocycles. The van der Waals surface area contributed by atoms with E-state index in [2.05, 4.69) is 10.0 Å². The molecule has 1 fully saturated rings. The third-order valence-corrected chi connectivity index (χ3v) is 7.57. The van der Waals surface area contributed by atoms with Gasteiger partial charge in [0, 0.05) is 11.4 Å². The van der Waals surface area contributed by atoms with Crippen molar-refractivity contribution in [2.24, 2.45) is 0 Å². The van der Waals surface area contributed by atoms with Crippen molar-refractivity contribution in [3.05, 3.63) is 54.1 Å². The largest absolute Gasteiger partial charge is 0.390 e. The van der Waals surface area contributed by atoms with Crippen LogP contribution in [0.3, 0.4) is 0 Å². The van der Waals surface area contributed by atoms with Gasteiger partial charge in [0.15, 0.2) is 9.84 Å². The number of anilines is 2. The predicted octanol–water partition coefficient (Wildman–Crippen LogP) is 1.62. The number of benzene rings is 2. The summed E-state index contributed by atoms with van der Waals surface area (Å²) in [6, 6.07) is 12.6. The highest BCUT2D eigenvalue weighted by Gasteiger charge is 2.36. The molecule has 0 amide bonds.